The number of carbonyl (C=O) groups excluding carboxylic acids is 2. The van der Waals surface area contributed by atoms with E-state index in [1.54, 1.807) is 4.90 Å². The fourth-order valence-electron chi connectivity index (χ4n) is 4.31. The van der Waals surface area contributed by atoms with Gasteiger partial charge >= 0.3 is 0 Å². The van der Waals surface area contributed by atoms with E-state index in [-0.39, 0.29) is 11.8 Å². The highest BCUT2D eigenvalue weighted by atomic mass is 32.1. The standard InChI is InChI=1S/C23H29N3O2S/c1-17-22-18(16-29-17)23(28)24-19-10-5-6-11-20(19)26(22)21(27)12-4-2-7-13-25-14-8-3-9-15-25/h5-6,10-11,16H,2-4,7-9,12-15H2,1H3,(H,24,28). The van der Waals surface area contributed by atoms with Gasteiger partial charge < -0.3 is 10.2 Å². The third-order valence-electron chi connectivity index (χ3n) is 5.87. The molecule has 0 saturated carbocycles. The van der Waals surface area contributed by atoms with Crippen LogP contribution >= 0.6 is 11.3 Å². The van der Waals surface area contributed by atoms with Crippen LogP contribution in [0.15, 0.2) is 29.6 Å². The molecule has 1 N–H and O–H groups in total. The number of piperidine rings is 1. The summed E-state index contributed by atoms with van der Waals surface area (Å²) in [7, 11) is 0. The first-order chi connectivity index (χ1) is 14.1. The largest absolute Gasteiger partial charge is 0.320 e. The van der Waals surface area contributed by atoms with Gasteiger partial charge in [0.15, 0.2) is 0 Å². The number of carbonyl (C=O) groups is 2. The fourth-order valence-corrected chi connectivity index (χ4v) is 5.14. The summed E-state index contributed by atoms with van der Waals surface area (Å²) in [5, 5.41) is 4.81. The van der Waals surface area contributed by atoms with Crippen molar-refractivity contribution < 1.29 is 9.59 Å². The monoisotopic (exact) mass is 411 g/mol. The van der Waals surface area contributed by atoms with Crippen LogP contribution in [0.25, 0.3) is 0 Å². The molecule has 1 fully saturated rings. The van der Waals surface area contributed by atoms with E-state index in [0.717, 1.165) is 42.1 Å². The third-order valence-corrected chi connectivity index (χ3v) is 6.77. The van der Waals surface area contributed by atoms with Crippen molar-refractivity contribution >= 4 is 40.2 Å². The maximum absolute atomic E-state index is 13.3. The number of nitrogens with one attached hydrogen (secondary N) is 1. The molecule has 5 nitrogen and oxygen atoms in total. The second kappa shape index (κ2) is 9.09. The van der Waals surface area contributed by atoms with Crippen molar-refractivity contribution in [3.05, 3.63) is 40.1 Å². The Morgan fingerprint density at radius 1 is 1.10 bits per heavy atom. The predicted octanol–water partition coefficient (Wildman–Crippen LogP) is 5.33. The normalized spacial score (nSPS) is 16.7. The minimum atomic E-state index is -0.145. The Morgan fingerprint density at radius 3 is 2.72 bits per heavy atom. The molecule has 3 heterocycles. The lowest BCUT2D eigenvalue weighted by Gasteiger charge is -2.26. The predicted molar refractivity (Wildman–Crippen MR) is 119 cm³/mol. The molecular weight excluding hydrogens is 382 g/mol. The molecule has 2 aliphatic heterocycles. The first-order valence-corrected chi connectivity index (χ1v) is 11.6. The lowest BCUT2D eigenvalue weighted by Crippen LogP contribution is -2.30. The highest BCUT2D eigenvalue weighted by Crippen LogP contribution is 2.42. The molecule has 2 aliphatic rings. The van der Waals surface area contributed by atoms with Gasteiger partial charge in [-0.1, -0.05) is 25.0 Å². The van der Waals surface area contributed by atoms with E-state index in [1.165, 1.54) is 43.7 Å². The first kappa shape index (κ1) is 20.1. The Kier molecular flexibility index (Phi) is 6.31. The van der Waals surface area contributed by atoms with Gasteiger partial charge in [-0.2, -0.15) is 0 Å². The van der Waals surface area contributed by atoms with E-state index in [9.17, 15) is 9.59 Å². The number of rotatable bonds is 6. The molecule has 1 aromatic heterocycles. The molecule has 0 bridgehead atoms. The SMILES string of the molecule is Cc1scc2c1N(C(=O)CCCCCN1CCCCC1)c1ccccc1NC2=O. The van der Waals surface area contributed by atoms with Crippen LogP contribution < -0.4 is 10.2 Å². The highest BCUT2D eigenvalue weighted by molar-refractivity contribution is 7.11. The minimum absolute atomic E-state index is 0.0645. The van der Waals surface area contributed by atoms with E-state index >= 15 is 0 Å². The molecule has 154 valence electrons. The van der Waals surface area contributed by atoms with Gasteiger partial charge in [0.05, 0.1) is 22.6 Å². The van der Waals surface area contributed by atoms with E-state index in [2.05, 4.69) is 10.2 Å². The number of nitrogens with zero attached hydrogens (tertiary/aromatic N) is 2. The number of likely N-dealkylation sites (tertiary alicyclic amines) is 1. The number of benzene rings is 1. The van der Waals surface area contributed by atoms with Gasteiger partial charge in [0.1, 0.15) is 0 Å². The van der Waals surface area contributed by atoms with Gasteiger partial charge in [0, 0.05) is 16.7 Å². The van der Waals surface area contributed by atoms with Crippen LogP contribution in [0.5, 0.6) is 0 Å². The topological polar surface area (TPSA) is 52.7 Å². The van der Waals surface area contributed by atoms with Gasteiger partial charge in [-0.3, -0.25) is 14.5 Å². The van der Waals surface area contributed by atoms with E-state index in [1.807, 2.05) is 36.6 Å². The molecule has 0 aliphatic carbocycles. The zero-order valence-electron chi connectivity index (χ0n) is 17.1. The number of anilines is 3. The van der Waals surface area contributed by atoms with Gasteiger partial charge in [-0.05, 0) is 64.4 Å². The summed E-state index contributed by atoms with van der Waals surface area (Å²) in [6, 6.07) is 7.57. The molecule has 0 unspecified atom stereocenters. The van der Waals surface area contributed by atoms with Gasteiger partial charge in [-0.15, -0.1) is 11.3 Å². The van der Waals surface area contributed by atoms with Crippen molar-refractivity contribution in [3.63, 3.8) is 0 Å². The van der Waals surface area contributed by atoms with Crippen LogP contribution in [0.1, 0.15) is 60.2 Å². The molecule has 2 amide bonds. The molecule has 0 spiro atoms. The van der Waals surface area contributed by atoms with Crippen molar-refractivity contribution in [2.45, 2.75) is 51.9 Å². The van der Waals surface area contributed by atoms with Gasteiger partial charge in [0.25, 0.3) is 5.91 Å². The van der Waals surface area contributed by atoms with E-state index < -0.39 is 0 Å². The average molecular weight is 412 g/mol. The summed E-state index contributed by atoms with van der Waals surface area (Å²) in [5.74, 6) is -0.0803. The molecule has 29 heavy (non-hydrogen) atoms. The van der Waals surface area contributed by atoms with Crippen molar-refractivity contribution in [3.8, 4) is 0 Å². The fraction of sp³-hybridized carbons (Fsp3) is 0.478. The molecular formula is C23H29N3O2S. The summed E-state index contributed by atoms with van der Waals surface area (Å²) in [4.78, 5) is 31.2. The highest BCUT2D eigenvalue weighted by Gasteiger charge is 2.31. The van der Waals surface area contributed by atoms with E-state index in [0.29, 0.717) is 17.7 Å². The average Bonchev–Trinajstić information content (AvgIpc) is 3.05. The number of hydrogen-bond acceptors (Lipinski definition) is 4. The lowest BCUT2D eigenvalue weighted by molar-refractivity contribution is -0.118. The minimum Gasteiger partial charge on any atom is -0.320 e. The van der Waals surface area contributed by atoms with Crippen molar-refractivity contribution in [2.75, 3.05) is 29.9 Å². The number of para-hydroxylation sites is 2. The van der Waals surface area contributed by atoms with Crippen molar-refractivity contribution in [2.24, 2.45) is 0 Å². The number of hydrogen-bond donors (Lipinski definition) is 1. The summed E-state index contributed by atoms with van der Waals surface area (Å²) in [5.41, 5.74) is 2.79. The van der Waals surface area contributed by atoms with Crippen LogP contribution in [0, 0.1) is 6.92 Å². The van der Waals surface area contributed by atoms with Crippen molar-refractivity contribution in [1.29, 1.82) is 0 Å². The maximum atomic E-state index is 13.3. The quantitative estimate of drug-likeness (QED) is 0.654. The number of amides is 2. The zero-order valence-corrected chi connectivity index (χ0v) is 17.9. The van der Waals surface area contributed by atoms with Crippen LogP contribution in [0.2, 0.25) is 0 Å². The Bertz CT molecular complexity index is 886. The number of aryl methyl sites for hydroxylation is 1. The second-order valence-corrected chi connectivity index (χ2v) is 9.05. The summed E-state index contributed by atoms with van der Waals surface area (Å²) in [6.07, 6.45) is 7.59. The number of unbranched alkanes of at least 4 members (excludes halogenated alkanes) is 2. The molecule has 1 aromatic carbocycles. The maximum Gasteiger partial charge on any atom is 0.258 e. The van der Waals surface area contributed by atoms with Gasteiger partial charge in [0.2, 0.25) is 5.91 Å². The molecule has 0 radical (unpaired) electrons. The molecule has 6 heteroatoms. The van der Waals surface area contributed by atoms with Crippen LogP contribution in [-0.4, -0.2) is 36.3 Å². The van der Waals surface area contributed by atoms with Gasteiger partial charge in [-0.25, -0.2) is 0 Å². The lowest BCUT2D eigenvalue weighted by atomic mass is 10.1. The molecule has 2 aromatic rings. The van der Waals surface area contributed by atoms with Crippen LogP contribution in [-0.2, 0) is 4.79 Å². The Hall–Kier alpha value is -2.18. The summed E-state index contributed by atoms with van der Waals surface area (Å²) in [6.45, 7) is 5.58. The Labute approximate surface area is 176 Å². The molecule has 0 atom stereocenters. The zero-order chi connectivity index (χ0) is 20.2. The van der Waals surface area contributed by atoms with Crippen LogP contribution in [0.3, 0.4) is 0 Å². The first-order valence-electron chi connectivity index (χ1n) is 10.7. The number of fused-ring (bicyclic) bond motifs is 2. The smallest absolute Gasteiger partial charge is 0.258 e. The Balaban J connectivity index is 1.44. The number of thiophene rings is 1. The van der Waals surface area contributed by atoms with E-state index in [4.69, 9.17) is 0 Å². The second-order valence-electron chi connectivity index (χ2n) is 7.97. The molecule has 1 saturated heterocycles. The van der Waals surface area contributed by atoms with Crippen molar-refractivity contribution in [1.82, 2.24) is 4.90 Å². The third kappa shape index (κ3) is 4.38. The Morgan fingerprint density at radius 2 is 1.90 bits per heavy atom. The summed E-state index contributed by atoms with van der Waals surface area (Å²) < 4.78 is 0. The summed E-state index contributed by atoms with van der Waals surface area (Å²) >= 11 is 1.52. The molecule has 4 rings (SSSR count). The van der Waals surface area contributed by atoms with Crippen LogP contribution in [0.4, 0.5) is 17.1 Å².